The summed E-state index contributed by atoms with van der Waals surface area (Å²) in [6.45, 7) is -0.223. The number of carbonyl (C=O) groups excluding carboxylic acids is 1. The summed E-state index contributed by atoms with van der Waals surface area (Å²) in [5.41, 5.74) is 0.355. The SMILES string of the molecule is O=C(O)Cn1cccc1C(=O)NC1CCC(O)CC1. The second-order valence-electron chi connectivity index (χ2n) is 4.89. The Labute approximate surface area is 111 Å². The van der Waals surface area contributed by atoms with Crippen LogP contribution < -0.4 is 5.32 Å². The third kappa shape index (κ3) is 3.57. The van der Waals surface area contributed by atoms with Crippen LogP contribution in [0.2, 0.25) is 0 Å². The van der Waals surface area contributed by atoms with Crippen LogP contribution in [0.5, 0.6) is 0 Å². The molecule has 0 unspecified atom stereocenters. The minimum atomic E-state index is -0.981. The van der Waals surface area contributed by atoms with Gasteiger partial charge in [0.2, 0.25) is 0 Å². The van der Waals surface area contributed by atoms with E-state index in [1.54, 1.807) is 18.3 Å². The van der Waals surface area contributed by atoms with Crippen LogP contribution >= 0.6 is 0 Å². The lowest BCUT2D eigenvalue weighted by molar-refractivity contribution is -0.137. The van der Waals surface area contributed by atoms with Crippen LogP contribution in [0.25, 0.3) is 0 Å². The fourth-order valence-corrected chi connectivity index (χ4v) is 2.38. The van der Waals surface area contributed by atoms with Gasteiger partial charge >= 0.3 is 5.97 Å². The molecular formula is C13H18N2O4. The number of hydrogen-bond acceptors (Lipinski definition) is 3. The minimum absolute atomic E-state index is 0.0593. The molecule has 6 nitrogen and oxygen atoms in total. The van der Waals surface area contributed by atoms with Crippen LogP contribution in [0.1, 0.15) is 36.2 Å². The maximum Gasteiger partial charge on any atom is 0.323 e. The van der Waals surface area contributed by atoms with E-state index in [1.165, 1.54) is 4.57 Å². The van der Waals surface area contributed by atoms with Crippen molar-refractivity contribution in [1.29, 1.82) is 0 Å². The first kappa shape index (κ1) is 13.6. The molecule has 1 heterocycles. The van der Waals surface area contributed by atoms with E-state index in [0.717, 1.165) is 12.8 Å². The summed E-state index contributed by atoms with van der Waals surface area (Å²) in [5.74, 6) is -1.24. The molecular weight excluding hydrogens is 248 g/mol. The van der Waals surface area contributed by atoms with Crippen LogP contribution in [-0.4, -0.2) is 38.8 Å². The molecule has 104 valence electrons. The van der Waals surface area contributed by atoms with E-state index in [1.807, 2.05) is 0 Å². The second kappa shape index (κ2) is 5.88. The molecule has 2 rings (SSSR count). The molecule has 19 heavy (non-hydrogen) atoms. The zero-order valence-corrected chi connectivity index (χ0v) is 10.6. The number of aliphatic hydroxyl groups is 1. The fraction of sp³-hybridized carbons (Fsp3) is 0.538. The van der Waals surface area contributed by atoms with E-state index in [2.05, 4.69) is 5.32 Å². The van der Waals surface area contributed by atoms with Gasteiger partial charge in [-0.1, -0.05) is 0 Å². The van der Waals surface area contributed by atoms with Crippen LogP contribution in [0, 0.1) is 0 Å². The molecule has 1 saturated carbocycles. The van der Waals surface area contributed by atoms with Crippen molar-refractivity contribution in [2.24, 2.45) is 0 Å². The van der Waals surface area contributed by atoms with E-state index in [9.17, 15) is 14.7 Å². The molecule has 6 heteroatoms. The van der Waals surface area contributed by atoms with Crippen molar-refractivity contribution < 1.29 is 19.8 Å². The van der Waals surface area contributed by atoms with Gasteiger partial charge in [0.1, 0.15) is 12.2 Å². The van der Waals surface area contributed by atoms with Gasteiger partial charge in [0.15, 0.2) is 0 Å². The van der Waals surface area contributed by atoms with Crippen molar-refractivity contribution in [2.45, 2.75) is 44.4 Å². The number of aliphatic carboxylic acids is 1. The zero-order chi connectivity index (χ0) is 13.8. The van der Waals surface area contributed by atoms with Gasteiger partial charge in [-0.25, -0.2) is 0 Å². The summed E-state index contributed by atoms with van der Waals surface area (Å²) in [6.07, 6.45) is 4.22. The molecule has 0 bridgehead atoms. The van der Waals surface area contributed by atoms with Gasteiger partial charge in [-0.15, -0.1) is 0 Å². The second-order valence-corrected chi connectivity index (χ2v) is 4.89. The first-order valence-corrected chi connectivity index (χ1v) is 6.42. The van der Waals surface area contributed by atoms with E-state index in [-0.39, 0.29) is 24.6 Å². The summed E-state index contributed by atoms with van der Waals surface area (Å²) >= 11 is 0. The third-order valence-electron chi connectivity index (χ3n) is 3.40. The molecule has 3 N–H and O–H groups in total. The molecule has 1 amide bonds. The summed E-state index contributed by atoms with van der Waals surface area (Å²) in [7, 11) is 0. The fourth-order valence-electron chi connectivity index (χ4n) is 2.38. The lowest BCUT2D eigenvalue weighted by Gasteiger charge is -2.26. The number of aliphatic hydroxyl groups excluding tert-OH is 1. The van der Waals surface area contributed by atoms with E-state index in [4.69, 9.17) is 5.11 Å². The molecule has 1 aliphatic rings. The van der Waals surface area contributed by atoms with Crippen LogP contribution in [0.4, 0.5) is 0 Å². The van der Waals surface area contributed by atoms with Crippen LogP contribution in [0.15, 0.2) is 18.3 Å². The molecule has 0 saturated heterocycles. The Bertz CT molecular complexity index is 461. The standard InChI is InChI=1S/C13H18N2O4/c16-10-5-3-9(4-6-10)14-13(19)11-2-1-7-15(11)8-12(17)18/h1-2,7,9-10,16H,3-6,8H2,(H,14,19)(H,17,18). The Kier molecular flexibility index (Phi) is 4.21. The lowest BCUT2D eigenvalue weighted by Crippen LogP contribution is -2.39. The molecule has 1 aromatic rings. The Balaban J connectivity index is 1.96. The number of carboxylic acid groups (broad SMARTS) is 1. The highest BCUT2D eigenvalue weighted by Crippen LogP contribution is 2.18. The molecule has 1 aliphatic carbocycles. The van der Waals surface area contributed by atoms with Crippen molar-refractivity contribution in [3.63, 3.8) is 0 Å². The average molecular weight is 266 g/mol. The quantitative estimate of drug-likeness (QED) is 0.744. The van der Waals surface area contributed by atoms with Crippen LogP contribution in [0.3, 0.4) is 0 Å². The number of nitrogens with one attached hydrogen (secondary N) is 1. The van der Waals surface area contributed by atoms with Crippen molar-refractivity contribution in [3.8, 4) is 0 Å². The van der Waals surface area contributed by atoms with Crippen molar-refractivity contribution in [3.05, 3.63) is 24.0 Å². The number of carboxylic acids is 1. The monoisotopic (exact) mass is 266 g/mol. The Morgan fingerprint density at radius 3 is 2.63 bits per heavy atom. The first-order chi connectivity index (χ1) is 9.06. The van der Waals surface area contributed by atoms with Gasteiger partial charge in [-0.3, -0.25) is 9.59 Å². The predicted molar refractivity (Wildman–Crippen MR) is 67.8 cm³/mol. The van der Waals surface area contributed by atoms with Crippen molar-refractivity contribution >= 4 is 11.9 Å². The van der Waals surface area contributed by atoms with Crippen molar-refractivity contribution in [1.82, 2.24) is 9.88 Å². The van der Waals surface area contributed by atoms with Gasteiger partial charge < -0.3 is 20.1 Å². The average Bonchev–Trinajstić information content (AvgIpc) is 2.79. The maximum absolute atomic E-state index is 12.1. The summed E-state index contributed by atoms with van der Waals surface area (Å²) in [4.78, 5) is 22.8. The Hall–Kier alpha value is -1.82. The van der Waals surface area contributed by atoms with E-state index >= 15 is 0 Å². The predicted octanol–water partition coefficient (Wildman–Crippen LogP) is 0.606. The molecule has 0 aliphatic heterocycles. The van der Waals surface area contributed by atoms with Gasteiger partial charge in [-0.2, -0.15) is 0 Å². The number of hydrogen-bond donors (Lipinski definition) is 3. The summed E-state index contributed by atoms with van der Waals surface area (Å²) < 4.78 is 1.41. The Morgan fingerprint density at radius 1 is 1.32 bits per heavy atom. The lowest BCUT2D eigenvalue weighted by atomic mass is 9.93. The zero-order valence-electron chi connectivity index (χ0n) is 10.6. The normalized spacial score (nSPS) is 23.0. The smallest absolute Gasteiger partial charge is 0.323 e. The maximum atomic E-state index is 12.1. The van der Waals surface area contributed by atoms with Crippen LogP contribution in [-0.2, 0) is 11.3 Å². The Morgan fingerprint density at radius 2 is 2.00 bits per heavy atom. The van der Waals surface area contributed by atoms with Gasteiger partial charge in [-0.05, 0) is 37.8 Å². The largest absolute Gasteiger partial charge is 0.480 e. The highest BCUT2D eigenvalue weighted by atomic mass is 16.4. The third-order valence-corrected chi connectivity index (χ3v) is 3.40. The molecule has 1 fully saturated rings. The van der Waals surface area contributed by atoms with Gasteiger partial charge in [0, 0.05) is 12.2 Å². The molecule has 0 aromatic carbocycles. The molecule has 0 radical (unpaired) electrons. The van der Waals surface area contributed by atoms with E-state index in [0.29, 0.717) is 18.5 Å². The van der Waals surface area contributed by atoms with Gasteiger partial charge in [0.25, 0.3) is 5.91 Å². The van der Waals surface area contributed by atoms with Gasteiger partial charge in [0.05, 0.1) is 6.10 Å². The summed E-state index contributed by atoms with van der Waals surface area (Å²) in [6, 6.07) is 3.32. The summed E-state index contributed by atoms with van der Waals surface area (Å²) in [5, 5.41) is 21.1. The topological polar surface area (TPSA) is 91.6 Å². The molecule has 0 spiro atoms. The number of aromatic nitrogens is 1. The highest BCUT2D eigenvalue weighted by Gasteiger charge is 2.22. The number of amides is 1. The molecule has 0 atom stereocenters. The van der Waals surface area contributed by atoms with E-state index < -0.39 is 5.97 Å². The highest BCUT2D eigenvalue weighted by molar-refractivity contribution is 5.93. The first-order valence-electron chi connectivity index (χ1n) is 6.42. The van der Waals surface area contributed by atoms with Crippen molar-refractivity contribution in [2.75, 3.05) is 0 Å². The number of carbonyl (C=O) groups is 2. The molecule has 1 aromatic heterocycles. The minimum Gasteiger partial charge on any atom is -0.480 e. The number of nitrogens with zero attached hydrogens (tertiary/aromatic N) is 1. The number of rotatable bonds is 4.